The van der Waals surface area contributed by atoms with Gasteiger partial charge in [0.15, 0.2) is 5.84 Å². The third-order valence-electron chi connectivity index (χ3n) is 2.14. The van der Waals surface area contributed by atoms with Crippen LogP contribution in [0.4, 0.5) is 0 Å². The monoisotopic (exact) mass is 190 g/mol. The Morgan fingerprint density at radius 3 is 3.14 bits per heavy atom. The van der Waals surface area contributed by atoms with Crippen molar-refractivity contribution in [1.29, 1.82) is 0 Å². The predicted octanol–water partition coefficient (Wildman–Crippen LogP) is 0.737. The zero-order valence-corrected chi connectivity index (χ0v) is 7.68. The molecular weight excluding hydrogens is 180 g/mol. The Morgan fingerprint density at radius 1 is 1.64 bits per heavy atom. The van der Waals surface area contributed by atoms with E-state index in [4.69, 9.17) is 10.9 Å². The van der Waals surface area contributed by atoms with E-state index in [9.17, 15) is 0 Å². The number of fused-ring (bicyclic) bond motifs is 1. The minimum atomic E-state index is 0.105. The molecule has 0 amide bonds. The number of rotatable bonds is 1. The highest BCUT2D eigenvalue weighted by Crippen LogP contribution is 2.10. The Labute approximate surface area is 80.5 Å². The number of amidine groups is 1. The number of pyridine rings is 1. The highest BCUT2D eigenvalue weighted by atomic mass is 16.4. The third-order valence-corrected chi connectivity index (χ3v) is 2.14. The summed E-state index contributed by atoms with van der Waals surface area (Å²) in [6.07, 6.45) is 3.55. The molecule has 0 aliphatic rings. The van der Waals surface area contributed by atoms with Crippen LogP contribution >= 0.6 is 0 Å². The molecule has 0 aromatic carbocycles. The number of oxime groups is 1. The average molecular weight is 190 g/mol. The second kappa shape index (κ2) is 3.02. The summed E-state index contributed by atoms with van der Waals surface area (Å²) in [6, 6.07) is 3.60. The van der Waals surface area contributed by atoms with E-state index in [1.54, 1.807) is 12.4 Å². The molecular formula is C9H10N4O. The quantitative estimate of drug-likeness (QED) is 0.301. The lowest BCUT2D eigenvalue weighted by Crippen LogP contribution is -2.13. The molecule has 0 saturated heterocycles. The van der Waals surface area contributed by atoms with E-state index in [1.165, 1.54) is 0 Å². The lowest BCUT2D eigenvalue weighted by atomic mass is 10.2. The summed E-state index contributed by atoms with van der Waals surface area (Å²) in [6.45, 7) is 1.91. The van der Waals surface area contributed by atoms with Crippen molar-refractivity contribution >= 4 is 11.4 Å². The van der Waals surface area contributed by atoms with Crippen LogP contribution in [0, 0.1) is 6.92 Å². The maximum absolute atomic E-state index is 8.52. The summed E-state index contributed by atoms with van der Waals surface area (Å²) in [5.41, 5.74) is 8.03. The molecule has 0 atom stereocenters. The average Bonchev–Trinajstić information content (AvgIpc) is 2.59. The van der Waals surface area contributed by atoms with Gasteiger partial charge in [0.1, 0.15) is 0 Å². The maximum atomic E-state index is 8.52. The van der Waals surface area contributed by atoms with Crippen molar-refractivity contribution in [3.63, 3.8) is 0 Å². The fraction of sp³-hybridized carbons (Fsp3) is 0.111. The van der Waals surface area contributed by atoms with Crippen LogP contribution in [-0.4, -0.2) is 20.4 Å². The normalized spacial score (nSPS) is 12.2. The summed E-state index contributed by atoms with van der Waals surface area (Å²) >= 11 is 0. The Hall–Kier alpha value is -2.04. The van der Waals surface area contributed by atoms with Crippen LogP contribution in [0.15, 0.2) is 29.8 Å². The highest BCUT2D eigenvalue weighted by molar-refractivity contribution is 5.97. The maximum Gasteiger partial charge on any atom is 0.170 e. The van der Waals surface area contributed by atoms with Gasteiger partial charge in [-0.15, -0.1) is 0 Å². The summed E-state index contributed by atoms with van der Waals surface area (Å²) in [7, 11) is 0. The molecule has 0 bridgehead atoms. The van der Waals surface area contributed by atoms with Gasteiger partial charge >= 0.3 is 0 Å². The van der Waals surface area contributed by atoms with Crippen LogP contribution < -0.4 is 5.73 Å². The smallest absolute Gasteiger partial charge is 0.170 e. The lowest BCUT2D eigenvalue weighted by molar-refractivity contribution is 0.318. The summed E-state index contributed by atoms with van der Waals surface area (Å²) < 4.78 is 1.88. The van der Waals surface area contributed by atoms with Crippen LogP contribution in [0.3, 0.4) is 0 Å². The lowest BCUT2D eigenvalue weighted by Gasteiger charge is -1.99. The Balaban J connectivity index is 2.66. The van der Waals surface area contributed by atoms with E-state index < -0.39 is 0 Å². The number of imidazole rings is 1. The molecule has 0 saturated carbocycles. The minimum absolute atomic E-state index is 0.105. The van der Waals surface area contributed by atoms with Crippen LogP contribution in [0.2, 0.25) is 0 Å². The number of nitrogens with zero attached hydrogens (tertiary/aromatic N) is 3. The van der Waals surface area contributed by atoms with Crippen LogP contribution in [0.5, 0.6) is 0 Å². The van der Waals surface area contributed by atoms with Crippen molar-refractivity contribution in [3.05, 3.63) is 35.9 Å². The van der Waals surface area contributed by atoms with Crippen molar-refractivity contribution in [2.45, 2.75) is 6.92 Å². The Bertz CT molecular complexity index is 500. The topological polar surface area (TPSA) is 75.9 Å². The van der Waals surface area contributed by atoms with E-state index in [0.29, 0.717) is 5.56 Å². The van der Waals surface area contributed by atoms with Gasteiger partial charge in [-0.25, -0.2) is 4.98 Å². The molecule has 0 aliphatic heterocycles. The van der Waals surface area contributed by atoms with Crippen molar-refractivity contribution in [3.8, 4) is 0 Å². The van der Waals surface area contributed by atoms with Crippen molar-refractivity contribution in [1.82, 2.24) is 9.38 Å². The molecule has 0 spiro atoms. The zero-order chi connectivity index (χ0) is 10.1. The summed E-state index contributed by atoms with van der Waals surface area (Å²) in [4.78, 5) is 4.14. The summed E-state index contributed by atoms with van der Waals surface area (Å²) in [5, 5.41) is 11.5. The first-order chi connectivity index (χ1) is 6.72. The van der Waals surface area contributed by atoms with Gasteiger partial charge in [-0.05, 0) is 19.1 Å². The first kappa shape index (κ1) is 8.55. The summed E-state index contributed by atoms with van der Waals surface area (Å²) in [5.74, 6) is 0.105. The largest absolute Gasteiger partial charge is 0.409 e. The standard InChI is InChI=1S/C9H10N4O/c1-6-8-4-7(9(10)12-14)2-3-13(8)5-11-6/h2-5,14H,1H3,(H2,10,12). The van der Waals surface area contributed by atoms with E-state index >= 15 is 0 Å². The molecule has 14 heavy (non-hydrogen) atoms. The molecule has 5 nitrogen and oxygen atoms in total. The van der Waals surface area contributed by atoms with Crippen molar-refractivity contribution in [2.75, 3.05) is 0 Å². The number of nitrogens with two attached hydrogens (primary N) is 1. The molecule has 0 fully saturated rings. The van der Waals surface area contributed by atoms with E-state index in [2.05, 4.69) is 10.1 Å². The molecule has 0 aliphatic carbocycles. The highest BCUT2D eigenvalue weighted by Gasteiger charge is 2.03. The Kier molecular flexibility index (Phi) is 1.85. The zero-order valence-electron chi connectivity index (χ0n) is 7.68. The molecule has 0 radical (unpaired) electrons. The van der Waals surface area contributed by atoms with Crippen molar-refractivity contribution < 1.29 is 5.21 Å². The first-order valence-electron chi connectivity index (χ1n) is 4.13. The van der Waals surface area contributed by atoms with Gasteiger partial charge in [-0.2, -0.15) is 0 Å². The second-order valence-electron chi connectivity index (χ2n) is 3.02. The van der Waals surface area contributed by atoms with Gasteiger partial charge in [0.2, 0.25) is 0 Å². The van der Waals surface area contributed by atoms with E-state index in [0.717, 1.165) is 11.2 Å². The third kappa shape index (κ3) is 1.19. The number of aryl methyl sites for hydroxylation is 1. The minimum Gasteiger partial charge on any atom is -0.409 e. The molecule has 2 rings (SSSR count). The number of aromatic nitrogens is 2. The van der Waals surface area contributed by atoms with Gasteiger partial charge in [-0.3, -0.25) is 0 Å². The molecule has 2 aromatic heterocycles. The van der Waals surface area contributed by atoms with Crippen molar-refractivity contribution in [2.24, 2.45) is 10.9 Å². The van der Waals surface area contributed by atoms with Gasteiger partial charge in [0, 0.05) is 11.8 Å². The number of hydrogen-bond donors (Lipinski definition) is 2. The van der Waals surface area contributed by atoms with Crippen LogP contribution in [0.25, 0.3) is 5.52 Å². The fourth-order valence-corrected chi connectivity index (χ4v) is 1.33. The number of hydrogen-bond acceptors (Lipinski definition) is 3. The Morgan fingerprint density at radius 2 is 2.43 bits per heavy atom. The second-order valence-corrected chi connectivity index (χ2v) is 3.02. The first-order valence-corrected chi connectivity index (χ1v) is 4.13. The van der Waals surface area contributed by atoms with Gasteiger partial charge in [0.05, 0.1) is 17.5 Å². The molecule has 72 valence electrons. The van der Waals surface area contributed by atoms with E-state index in [-0.39, 0.29) is 5.84 Å². The van der Waals surface area contributed by atoms with Crippen LogP contribution in [0.1, 0.15) is 11.3 Å². The molecule has 0 unspecified atom stereocenters. The fourth-order valence-electron chi connectivity index (χ4n) is 1.33. The molecule has 3 N–H and O–H groups in total. The van der Waals surface area contributed by atoms with Gasteiger partial charge in [-0.1, -0.05) is 5.16 Å². The molecule has 2 aromatic rings. The van der Waals surface area contributed by atoms with E-state index in [1.807, 2.05) is 23.6 Å². The van der Waals surface area contributed by atoms with Crippen LogP contribution in [-0.2, 0) is 0 Å². The van der Waals surface area contributed by atoms with Gasteiger partial charge in [0.25, 0.3) is 0 Å². The van der Waals surface area contributed by atoms with Gasteiger partial charge < -0.3 is 15.3 Å². The molecule has 2 heterocycles. The predicted molar refractivity (Wildman–Crippen MR) is 52.4 cm³/mol. The SMILES string of the molecule is Cc1ncn2ccc(/C(N)=N\O)cc12. The molecule has 5 heteroatoms.